The molecule has 2 fully saturated rings. The second-order valence-electron chi connectivity index (χ2n) is 25.2. The van der Waals surface area contributed by atoms with Crippen LogP contribution in [0.25, 0.3) is 0 Å². The first kappa shape index (κ1) is 64.9. The molecule has 8 rings (SSSR count). The van der Waals surface area contributed by atoms with Crippen LogP contribution in [0.4, 0.5) is 39.8 Å². The Morgan fingerprint density at radius 1 is 0.816 bits per heavy atom. The fourth-order valence-electron chi connectivity index (χ4n) is 11.4. The SMILES string of the molecule is CC1CN(CC(=O)N2C[C@@](C)(C(=O)NCCCC(=O)Nc3ccc4c(c3)C(C(=O)Nc3c(F)cccc3F)N(C(=O)C(NC(=O)[C@H](C)N(C)C(=O)OC(C)(C)C)C3CCOCC3)C4)c3ccc(Cc4ccc(F)cc4)cc32)CCN1C(=O)OC(C)(C)C. The predicted octanol–water partition coefficient (Wildman–Crippen LogP) is 7.96. The number of fused-ring (bicyclic) bond motifs is 2. The summed E-state index contributed by atoms with van der Waals surface area (Å²) < 4.78 is 60.7. The topological polar surface area (TPSA) is 229 Å². The molecule has 0 bridgehead atoms. The first-order valence-electron chi connectivity index (χ1n) is 29.5. The maximum absolute atomic E-state index is 15.1. The lowest BCUT2D eigenvalue weighted by atomic mass is 9.83. The third kappa shape index (κ3) is 15.8. The van der Waals surface area contributed by atoms with Gasteiger partial charge in [-0.2, -0.15) is 0 Å². The van der Waals surface area contributed by atoms with Crippen LogP contribution in [0.1, 0.15) is 122 Å². The highest BCUT2D eigenvalue weighted by molar-refractivity contribution is 6.04. The third-order valence-electron chi connectivity index (χ3n) is 16.2. The zero-order chi connectivity index (χ0) is 63.3. The van der Waals surface area contributed by atoms with Crippen molar-refractivity contribution >= 4 is 64.7 Å². The normalized spacial score (nSPS) is 19.5. The highest BCUT2D eigenvalue weighted by Crippen LogP contribution is 2.43. The molecule has 4 aromatic rings. The van der Waals surface area contributed by atoms with Gasteiger partial charge in [0.05, 0.1) is 12.0 Å². The number of hydrogen-bond donors (Lipinski definition) is 4. The summed E-state index contributed by atoms with van der Waals surface area (Å²) in [5.74, 6) is -6.35. The first-order valence-corrected chi connectivity index (χ1v) is 29.5. The van der Waals surface area contributed by atoms with Crippen molar-refractivity contribution in [1.29, 1.82) is 0 Å². The molecule has 0 spiro atoms. The molecule has 4 aromatic carbocycles. The molecule has 5 atom stereocenters. The van der Waals surface area contributed by atoms with Crippen LogP contribution in [0, 0.1) is 23.4 Å². The number of rotatable bonds is 17. The number of benzene rings is 4. The number of anilines is 3. The zero-order valence-electron chi connectivity index (χ0n) is 51.2. The minimum Gasteiger partial charge on any atom is -0.444 e. The second kappa shape index (κ2) is 26.9. The van der Waals surface area contributed by atoms with Crippen molar-refractivity contribution in [2.75, 3.05) is 75.1 Å². The molecule has 3 unspecified atom stereocenters. The number of nitrogens with one attached hydrogen (secondary N) is 4. The Labute approximate surface area is 505 Å². The van der Waals surface area contributed by atoms with Crippen molar-refractivity contribution in [3.05, 3.63) is 124 Å². The van der Waals surface area contributed by atoms with E-state index in [9.17, 15) is 38.0 Å². The molecule has 23 heteroatoms. The fourth-order valence-corrected chi connectivity index (χ4v) is 11.4. The van der Waals surface area contributed by atoms with Gasteiger partial charge in [-0.05, 0) is 164 Å². The Morgan fingerprint density at radius 2 is 1.48 bits per heavy atom. The molecule has 468 valence electrons. The minimum absolute atomic E-state index is 0.0218. The number of para-hydroxylation sites is 1. The Balaban J connectivity index is 0.949. The zero-order valence-corrected chi connectivity index (χ0v) is 51.2. The molecule has 4 aliphatic rings. The van der Waals surface area contributed by atoms with Gasteiger partial charge >= 0.3 is 12.2 Å². The van der Waals surface area contributed by atoms with Crippen LogP contribution in [-0.4, -0.2) is 156 Å². The standard InChI is InChI=1S/C64H80F3N9O11/c1-38-34-73(27-28-74(38)61(84)87-63(6,7)8)36-52(78)76-37-64(9,47-23-18-41(32-50(47)76)31-40-16-20-44(65)21-17-40)59(82)68-26-12-15-51(77)69-45-22-19-43-35-75(55(46(43)33-45)57(80)71-54-48(66)13-11-14-49(54)67)58(81)53(42-24-29-85-30-25-42)70-56(79)39(2)72(10)60(83)86-62(3,4)5/h11,13-14,16-23,32-33,38-39,42,53,55H,12,15,24-31,34-37H2,1-10H3,(H,68,82)(H,69,77)(H,70,79)(H,71,80)/t38?,39-,53?,55?,64+/m0/s1. The summed E-state index contributed by atoms with van der Waals surface area (Å²) in [6.07, 6.45) is 0.0880. The van der Waals surface area contributed by atoms with E-state index in [1.165, 1.54) is 37.1 Å². The number of carbonyl (C=O) groups is 8. The molecule has 0 aliphatic carbocycles. The van der Waals surface area contributed by atoms with Crippen LogP contribution < -0.4 is 26.2 Å². The second-order valence-corrected chi connectivity index (χ2v) is 25.2. The smallest absolute Gasteiger partial charge is 0.410 e. The van der Waals surface area contributed by atoms with Gasteiger partial charge < -0.3 is 50.2 Å². The van der Waals surface area contributed by atoms with Gasteiger partial charge in [0.15, 0.2) is 0 Å². The van der Waals surface area contributed by atoms with Crippen LogP contribution in [0.5, 0.6) is 0 Å². The number of carbonyl (C=O) groups excluding carboxylic acids is 8. The van der Waals surface area contributed by atoms with Crippen molar-refractivity contribution < 1.29 is 65.7 Å². The van der Waals surface area contributed by atoms with E-state index in [0.29, 0.717) is 55.7 Å². The molecular formula is C64H80F3N9O11. The largest absolute Gasteiger partial charge is 0.444 e. The number of hydrogen-bond acceptors (Lipinski definition) is 12. The first-order chi connectivity index (χ1) is 41.0. The predicted molar refractivity (Wildman–Crippen MR) is 319 cm³/mol. The van der Waals surface area contributed by atoms with Crippen LogP contribution in [0.15, 0.2) is 78.9 Å². The van der Waals surface area contributed by atoms with Gasteiger partial charge in [-0.15, -0.1) is 0 Å². The molecule has 0 radical (unpaired) electrons. The molecule has 0 saturated carbocycles. The lowest BCUT2D eigenvalue weighted by Gasteiger charge is -2.40. The van der Waals surface area contributed by atoms with Crippen molar-refractivity contribution in [1.82, 2.24) is 30.2 Å². The molecule has 4 heterocycles. The van der Waals surface area contributed by atoms with Crippen LogP contribution in [-0.2, 0) is 61.4 Å². The van der Waals surface area contributed by atoms with Crippen molar-refractivity contribution in [3.63, 3.8) is 0 Å². The summed E-state index contributed by atoms with van der Waals surface area (Å²) in [4.78, 5) is 120. The Kier molecular flexibility index (Phi) is 20.1. The lowest BCUT2D eigenvalue weighted by molar-refractivity contribution is -0.144. The molecule has 87 heavy (non-hydrogen) atoms. The van der Waals surface area contributed by atoms with E-state index >= 15 is 13.6 Å². The molecule has 4 N–H and O–H groups in total. The van der Waals surface area contributed by atoms with Crippen LogP contribution in [0.3, 0.4) is 0 Å². The average Bonchev–Trinajstić information content (AvgIpc) is 1.67. The van der Waals surface area contributed by atoms with Crippen LogP contribution >= 0.6 is 0 Å². The van der Waals surface area contributed by atoms with Gasteiger partial charge in [-0.3, -0.25) is 38.6 Å². The Morgan fingerprint density at radius 3 is 2.14 bits per heavy atom. The Bertz CT molecular complexity index is 3240. The minimum atomic E-state index is -1.51. The number of amides is 8. The van der Waals surface area contributed by atoms with Gasteiger partial charge in [0.2, 0.25) is 29.5 Å². The number of nitrogens with zero attached hydrogens (tertiary/aromatic N) is 5. The number of halogens is 3. The van der Waals surface area contributed by atoms with E-state index in [-0.39, 0.29) is 87.2 Å². The highest BCUT2D eigenvalue weighted by atomic mass is 19.1. The van der Waals surface area contributed by atoms with Gasteiger partial charge in [-0.1, -0.05) is 36.4 Å². The van der Waals surface area contributed by atoms with Gasteiger partial charge in [0, 0.05) is 83.4 Å². The summed E-state index contributed by atoms with van der Waals surface area (Å²) in [5.41, 5.74) is 0.375. The van der Waals surface area contributed by atoms with Crippen LogP contribution in [0.2, 0.25) is 0 Å². The lowest BCUT2D eigenvalue weighted by Crippen LogP contribution is -2.57. The van der Waals surface area contributed by atoms with E-state index < -0.39 is 93.8 Å². The molecule has 20 nitrogen and oxygen atoms in total. The maximum Gasteiger partial charge on any atom is 0.410 e. The van der Waals surface area contributed by atoms with Gasteiger partial charge in [-0.25, -0.2) is 22.8 Å². The quantitative estimate of drug-likeness (QED) is 0.0739. The van der Waals surface area contributed by atoms with E-state index in [2.05, 4.69) is 21.3 Å². The molecular weight excluding hydrogens is 1130 g/mol. The van der Waals surface area contributed by atoms with E-state index in [0.717, 1.165) is 34.2 Å². The summed E-state index contributed by atoms with van der Waals surface area (Å²) in [6, 6.07) is 15.5. The maximum atomic E-state index is 15.1. The van der Waals surface area contributed by atoms with Crippen molar-refractivity contribution in [2.24, 2.45) is 5.92 Å². The molecule has 0 aromatic heterocycles. The molecule has 8 amide bonds. The number of likely N-dealkylation sites (N-methyl/N-ethyl adjacent to an activating group) is 1. The number of piperazine rings is 1. The fraction of sp³-hybridized carbons (Fsp3) is 0.500. The summed E-state index contributed by atoms with van der Waals surface area (Å²) >= 11 is 0. The van der Waals surface area contributed by atoms with E-state index in [4.69, 9.17) is 14.2 Å². The van der Waals surface area contributed by atoms with Crippen molar-refractivity contribution in [2.45, 2.75) is 142 Å². The third-order valence-corrected chi connectivity index (χ3v) is 16.2. The number of ether oxygens (including phenoxy) is 3. The van der Waals surface area contributed by atoms with Gasteiger partial charge in [0.1, 0.15) is 52.5 Å². The van der Waals surface area contributed by atoms with Crippen molar-refractivity contribution in [3.8, 4) is 0 Å². The summed E-state index contributed by atoms with van der Waals surface area (Å²) in [6.45, 7) is 17.3. The van der Waals surface area contributed by atoms with E-state index in [1.807, 2.05) is 30.0 Å². The summed E-state index contributed by atoms with van der Waals surface area (Å²) in [7, 11) is 1.39. The molecule has 2 saturated heterocycles. The monoisotopic (exact) mass is 1210 g/mol. The Hall–Kier alpha value is -8.05. The summed E-state index contributed by atoms with van der Waals surface area (Å²) in [5, 5.41) is 11.0. The van der Waals surface area contributed by atoms with E-state index in [1.54, 1.807) is 82.5 Å². The van der Waals surface area contributed by atoms with Gasteiger partial charge in [0.25, 0.3) is 5.91 Å². The molecule has 4 aliphatic heterocycles. The average molecular weight is 1210 g/mol. The highest BCUT2D eigenvalue weighted by Gasteiger charge is 2.48.